The van der Waals surface area contributed by atoms with Crippen LogP contribution in [0.1, 0.15) is 19.4 Å². The van der Waals surface area contributed by atoms with E-state index in [2.05, 4.69) is 9.97 Å². The van der Waals surface area contributed by atoms with E-state index in [4.69, 9.17) is 22.3 Å². The van der Waals surface area contributed by atoms with E-state index in [0.29, 0.717) is 23.2 Å². The molecule has 5 rings (SSSR count). The van der Waals surface area contributed by atoms with E-state index in [9.17, 15) is 4.39 Å². The summed E-state index contributed by atoms with van der Waals surface area (Å²) in [5.74, 6) is 1.15. The lowest BCUT2D eigenvalue weighted by Crippen LogP contribution is -2.01. The number of fused-ring (bicyclic) bond motifs is 1. The Morgan fingerprint density at radius 2 is 1.76 bits per heavy atom. The molecule has 0 saturated carbocycles. The van der Waals surface area contributed by atoms with Crippen LogP contribution in [0.25, 0.3) is 39.4 Å². The maximum atomic E-state index is 13.3. The number of rotatable bonds is 4. The second-order valence-electron chi connectivity index (χ2n) is 7.07. The van der Waals surface area contributed by atoms with Gasteiger partial charge >= 0.3 is 0 Å². The topological polar surface area (TPSA) is 69.6 Å². The minimum Gasteiger partial charge on any atom is -0.383 e. The molecule has 2 aromatic carbocycles. The van der Waals surface area contributed by atoms with Crippen molar-refractivity contribution in [1.82, 2.24) is 19.5 Å². The number of benzene rings is 2. The van der Waals surface area contributed by atoms with Crippen molar-refractivity contribution in [3.63, 3.8) is 0 Å². The van der Waals surface area contributed by atoms with Gasteiger partial charge in [0.05, 0.1) is 28.5 Å². The number of alkyl halides is 1. The Balaban J connectivity index is 0.00000126. The van der Waals surface area contributed by atoms with Crippen LogP contribution in [-0.2, 0) is 5.88 Å². The van der Waals surface area contributed by atoms with Crippen molar-refractivity contribution in [2.45, 2.75) is 19.7 Å². The quantitative estimate of drug-likeness (QED) is 0.306. The highest BCUT2D eigenvalue weighted by Crippen LogP contribution is 2.33. The van der Waals surface area contributed by atoms with Crippen molar-refractivity contribution in [3.8, 4) is 28.3 Å². The molecule has 7 heteroatoms. The summed E-state index contributed by atoms with van der Waals surface area (Å²) < 4.78 is 15.4. The maximum absolute atomic E-state index is 13.3. The third kappa shape index (κ3) is 4.43. The molecule has 166 valence electrons. The molecular formula is C26H23ClFN5. The van der Waals surface area contributed by atoms with E-state index < -0.39 is 0 Å². The molecule has 0 saturated heterocycles. The lowest BCUT2D eigenvalue weighted by atomic mass is 10.1. The lowest BCUT2D eigenvalue weighted by molar-refractivity contribution is 0.622. The van der Waals surface area contributed by atoms with Gasteiger partial charge in [-0.05, 0) is 54.1 Å². The standard InChI is InChI=1S/C24H17ClFN5.C2H6/c25-13-15-3-7-18(8-4-15)31-22-12-16(20-10-6-17(26)14-29-20)5-9-21(22)30-24(31)19-2-1-11-28-23(19)27;1-2/h1-12,14H,13H2,(H2,27,28);1-2H3. The fraction of sp³-hybridized carbons (Fsp3) is 0.115. The first-order valence-corrected chi connectivity index (χ1v) is 11.2. The molecule has 5 aromatic rings. The zero-order valence-corrected chi connectivity index (χ0v) is 19.1. The summed E-state index contributed by atoms with van der Waals surface area (Å²) in [5.41, 5.74) is 12.1. The van der Waals surface area contributed by atoms with E-state index in [0.717, 1.165) is 33.4 Å². The molecule has 0 spiro atoms. The number of nitrogens with zero attached hydrogens (tertiary/aromatic N) is 4. The van der Waals surface area contributed by atoms with Gasteiger partial charge in [-0.3, -0.25) is 9.55 Å². The van der Waals surface area contributed by atoms with E-state index in [1.165, 1.54) is 12.3 Å². The summed E-state index contributed by atoms with van der Waals surface area (Å²) in [6.45, 7) is 4.00. The van der Waals surface area contributed by atoms with Gasteiger partial charge in [0.2, 0.25) is 0 Å². The minimum absolute atomic E-state index is 0.372. The van der Waals surface area contributed by atoms with Crippen molar-refractivity contribution in [2.75, 3.05) is 5.73 Å². The number of nitrogen functional groups attached to an aromatic ring is 1. The molecule has 3 heterocycles. The number of hydrogen-bond acceptors (Lipinski definition) is 4. The number of pyridine rings is 2. The summed E-state index contributed by atoms with van der Waals surface area (Å²) in [4.78, 5) is 13.3. The van der Waals surface area contributed by atoms with Gasteiger partial charge in [-0.15, -0.1) is 11.6 Å². The van der Waals surface area contributed by atoms with Gasteiger partial charge in [0.15, 0.2) is 0 Å². The molecule has 0 bridgehead atoms. The van der Waals surface area contributed by atoms with Crippen molar-refractivity contribution < 1.29 is 4.39 Å². The number of anilines is 1. The van der Waals surface area contributed by atoms with Gasteiger partial charge in [0, 0.05) is 23.3 Å². The lowest BCUT2D eigenvalue weighted by Gasteiger charge is -2.11. The van der Waals surface area contributed by atoms with Gasteiger partial charge in [-0.1, -0.05) is 32.0 Å². The Morgan fingerprint density at radius 1 is 0.970 bits per heavy atom. The minimum atomic E-state index is -0.372. The normalized spacial score (nSPS) is 10.7. The average Bonchev–Trinajstić information content (AvgIpc) is 3.24. The Morgan fingerprint density at radius 3 is 2.42 bits per heavy atom. The maximum Gasteiger partial charge on any atom is 0.149 e. The predicted molar refractivity (Wildman–Crippen MR) is 133 cm³/mol. The molecule has 0 radical (unpaired) electrons. The Hall–Kier alpha value is -3.77. The van der Waals surface area contributed by atoms with Crippen molar-refractivity contribution >= 4 is 28.5 Å². The van der Waals surface area contributed by atoms with Gasteiger partial charge in [0.1, 0.15) is 17.5 Å². The first-order chi connectivity index (χ1) is 16.1. The molecule has 3 aromatic heterocycles. The second-order valence-corrected chi connectivity index (χ2v) is 7.34. The van der Waals surface area contributed by atoms with Crippen LogP contribution in [0.15, 0.2) is 79.1 Å². The molecule has 0 unspecified atom stereocenters. The fourth-order valence-electron chi connectivity index (χ4n) is 3.56. The largest absolute Gasteiger partial charge is 0.383 e. The smallest absolute Gasteiger partial charge is 0.149 e. The highest BCUT2D eigenvalue weighted by molar-refractivity contribution is 6.17. The highest BCUT2D eigenvalue weighted by atomic mass is 35.5. The number of hydrogen-bond donors (Lipinski definition) is 1. The van der Waals surface area contributed by atoms with Crippen LogP contribution < -0.4 is 5.73 Å². The number of halogens is 2. The monoisotopic (exact) mass is 459 g/mol. The summed E-state index contributed by atoms with van der Waals surface area (Å²) >= 11 is 5.97. The molecule has 2 N–H and O–H groups in total. The van der Waals surface area contributed by atoms with Gasteiger partial charge in [0.25, 0.3) is 0 Å². The number of nitrogens with two attached hydrogens (primary N) is 1. The average molecular weight is 460 g/mol. The molecule has 0 amide bonds. The number of aromatic nitrogens is 4. The molecule has 0 aliphatic carbocycles. The zero-order chi connectivity index (χ0) is 23.4. The van der Waals surface area contributed by atoms with Crippen LogP contribution in [0.4, 0.5) is 10.2 Å². The highest BCUT2D eigenvalue weighted by Gasteiger charge is 2.17. The van der Waals surface area contributed by atoms with E-state index in [1.54, 1.807) is 12.3 Å². The first kappa shape index (κ1) is 22.4. The summed E-state index contributed by atoms with van der Waals surface area (Å²) in [5, 5.41) is 0. The molecule has 5 nitrogen and oxygen atoms in total. The molecular weight excluding hydrogens is 437 g/mol. The third-order valence-electron chi connectivity index (χ3n) is 5.11. The van der Waals surface area contributed by atoms with Crippen molar-refractivity contribution in [3.05, 3.63) is 90.5 Å². The van der Waals surface area contributed by atoms with Crippen LogP contribution in [0.3, 0.4) is 0 Å². The van der Waals surface area contributed by atoms with Gasteiger partial charge in [-0.25, -0.2) is 14.4 Å². The Bertz CT molecular complexity index is 1380. The molecule has 0 aliphatic heterocycles. The van der Waals surface area contributed by atoms with Crippen LogP contribution in [0, 0.1) is 5.82 Å². The second kappa shape index (κ2) is 9.79. The van der Waals surface area contributed by atoms with Crippen molar-refractivity contribution in [2.24, 2.45) is 0 Å². The SMILES string of the molecule is CC.Nc1ncccc1-c1nc2ccc(-c3ccc(F)cn3)cc2n1-c1ccc(CCl)cc1. The fourth-order valence-corrected chi connectivity index (χ4v) is 3.74. The molecule has 0 fully saturated rings. The Kier molecular flexibility index (Phi) is 6.66. The molecule has 0 atom stereocenters. The van der Waals surface area contributed by atoms with E-state index >= 15 is 0 Å². The first-order valence-electron chi connectivity index (χ1n) is 10.6. The van der Waals surface area contributed by atoms with E-state index in [-0.39, 0.29) is 5.82 Å². The Labute approximate surface area is 196 Å². The van der Waals surface area contributed by atoms with Crippen LogP contribution in [-0.4, -0.2) is 19.5 Å². The van der Waals surface area contributed by atoms with Crippen LogP contribution in [0.2, 0.25) is 0 Å². The summed E-state index contributed by atoms with van der Waals surface area (Å²) in [6.07, 6.45) is 2.86. The van der Waals surface area contributed by atoms with Gasteiger partial charge < -0.3 is 5.73 Å². The predicted octanol–water partition coefficient (Wildman–Crippen LogP) is 6.64. The zero-order valence-electron chi connectivity index (χ0n) is 18.3. The summed E-state index contributed by atoms with van der Waals surface area (Å²) in [7, 11) is 0. The van der Waals surface area contributed by atoms with Crippen molar-refractivity contribution in [1.29, 1.82) is 0 Å². The summed E-state index contributed by atoms with van der Waals surface area (Å²) in [6, 6.07) is 20.6. The van der Waals surface area contributed by atoms with Crippen LogP contribution >= 0.6 is 11.6 Å². The third-order valence-corrected chi connectivity index (χ3v) is 5.41. The van der Waals surface area contributed by atoms with Crippen LogP contribution in [0.5, 0.6) is 0 Å². The van der Waals surface area contributed by atoms with E-state index in [1.807, 2.05) is 73.0 Å². The molecule has 0 aliphatic rings. The number of imidazole rings is 1. The molecule has 33 heavy (non-hydrogen) atoms. The van der Waals surface area contributed by atoms with Gasteiger partial charge in [-0.2, -0.15) is 0 Å².